The van der Waals surface area contributed by atoms with Crippen LogP contribution >= 0.6 is 0 Å². The Bertz CT molecular complexity index is 1230. The van der Waals surface area contributed by atoms with Crippen molar-refractivity contribution in [3.63, 3.8) is 0 Å². The summed E-state index contributed by atoms with van der Waals surface area (Å²) in [5.74, 6) is -3.54. The maximum atomic E-state index is 14.0. The molecule has 1 aliphatic carbocycles. The number of alkyl halides is 2. The highest BCUT2D eigenvalue weighted by Crippen LogP contribution is 2.37. The number of anilines is 1. The van der Waals surface area contributed by atoms with Crippen LogP contribution in [0.1, 0.15) is 50.6 Å². The van der Waals surface area contributed by atoms with Crippen LogP contribution in [0.2, 0.25) is 0 Å². The first kappa shape index (κ1) is 24.1. The van der Waals surface area contributed by atoms with Gasteiger partial charge >= 0.3 is 0 Å². The highest BCUT2D eigenvalue weighted by Gasteiger charge is 2.35. The van der Waals surface area contributed by atoms with Gasteiger partial charge in [0.05, 0.1) is 11.8 Å². The number of hydrogen-bond donors (Lipinski definition) is 1. The molecule has 0 bridgehead atoms. The summed E-state index contributed by atoms with van der Waals surface area (Å²) in [6, 6.07) is 0.760. The van der Waals surface area contributed by atoms with Crippen molar-refractivity contribution in [1.29, 1.82) is 0 Å². The van der Waals surface area contributed by atoms with E-state index in [1.54, 1.807) is 0 Å². The first-order valence-electron chi connectivity index (χ1n) is 10.9. The van der Waals surface area contributed by atoms with Crippen LogP contribution in [0.25, 0.3) is 11.0 Å². The Labute approximate surface area is 194 Å². The van der Waals surface area contributed by atoms with Crippen LogP contribution in [0.15, 0.2) is 17.1 Å². The topological polar surface area (TPSA) is 97.2 Å². The molecule has 2 aromatic rings. The molecule has 1 saturated carbocycles. The van der Waals surface area contributed by atoms with Gasteiger partial charge in [-0.3, -0.25) is 9.36 Å². The molecule has 174 valence electrons. The molecule has 4 radical (unpaired) electrons. The lowest BCUT2D eigenvalue weighted by molar-refractivity contribution is 0.0917. The zero-order valence-electron chi connectivity index (χ0n) is 18.6. The van der Waals surface area contributed by atoms with Crippen LogP contribution in [-0.2, 0) is 15.8 Å². The van der Waals surface area contributed by atoms with Gasteiger partial charge in [0, 0.05) is 36.2 Å². The lowest BCUT2D eigenvalue weighted by Crippen LogP contribution is -2.51. The normalized spacial score (nSPS) is 24.2. The Morgan fingerprint density at radius 3 is 2.48 bits per heavy atom. The first-order valence-corrected chi connectivity index (χ1v) is 12.7. The minimum absolute atomic E-state index is 0.111. The first-order chi connectivity index (χ1) is 15.3. The van der Waals surface area contributed by atoms with Crippen molar-refractivity contribution in [3.05, 3.63) is 28.2 Å². The molecule has 0 unspecified atom stereocenters. The monoisotopic (exact) mass is 475 g/mol. The van der Waals surface area contributed by atoms with Crippen molar-refractivity contribution in [3.8, 4) is 0 Å². The molecule has 0 aromatic carbocycles. The van der Waals surface area contributed by atoms with Gasteiger partial charge in [0.25, 0.3) is 5.56 Å². The van der Waals surface area contributed by atoms with Gasteiger partial charge in [0.15, 0.2) is 7.85 Å². The van der Waals surface area contributed by atoms with Crippen LogP contribution in [0.4, 0.5) is 14.7 Å². The van der Waals surface area contributed by atoms with Gasteiger partial charge in [0.2, 0.25) is 21.8 Å². The Hall–Kier alpha value is -2.01. The van der Waals surface area contributed by atoms with Crippen LogP contribution < -0.4 is 10.9 Å². The Morgan fingerprint density at radius 2 is 1.94 bits per heavy atom. The number of aromatic nitrogens is 3. The van der Waals surface area contributed by atoms with E-state index in [9.17, 15) is 22.0 Å². The summed E-state index contributed by atoms with van der Waals surface area (Å²) in [4.78, 5) is 21.8. The zero-order valence-corrected chi connectivity index (χ0v) is 19.4. The van der Waals surface area contributed by atoms with E-state index in [0.29, 0.717) is 19.3 Å². The number of fused-ring (bicyclic) bond motifs is 1. The molecule has 0 amide bonds. The van der Waals surface area contributed by atoms with Gasteiger partial charge in [0.1, 0.15) is 13.5 Å². The molecule has 33 heavy (non-hydrogen) atoms. The number of sulfonamides is 1. The lowest BCUT2D eigenvalue weighted by Gasteiger charge is -2.39. The Balaban J connectivity index is 1.73. The maximum Gasteiger partial charge on any atom is 0.260 e. The van der Waals surface area contributed by atoms with E-state index in [1.807, 2.05) is 6.92 Å². The van der Waals surface area contributed by atoms with Crippen molar-refractivity contribution in [2.75, 3.05) is 24.7 Å². The number of nitrogens with one attached hydrogen (secondary N) is 1. The molecule has 3 heterocycles. The molecular formula is C20H25B2F2N5O3S. The van der Waals surface area contributed by atoms with Crippen molar-refractivity contribution < 1.29 is 17.2 Å². The van der Waals surface area contributed by atoms with E-state index >= 15 is 0 Å². The summed E-state index contributed by atoms with van der Waals surface area (Å²) >= 11 is 0. The van der Waals surface area contributed by atoms with Crippen molar-refractivity contribution in [2.24, 2.45) is 5.92 Å². The summed E-state index contributed by atoms with van der Waals surface area (Å²) in [6.07, 6.45) is 5.59. The lowest BCUT2D eigenvalue weighted by atomic mass is 9.71. The third kappa shape index (κ3) is 4.80. The summed E-state index contributed by atoms with van der Waals surface area (Å²) in [5.41, 5.74) is -2.36. The van der Waals surface area contributed by atoms with E-state index in [-0.39, 0.29) is 42.0 Å². The predicted molar refractivity (Wildman–Crippen MR) is 123 cm³/mol. The maximum absolute atomic E-state index is 14.0. The van der Waals surface area contributed by atoms with E-state index in [1.165, 1.54) is 15.1 Å². The minimum Gasteiger partial charge on any atom is -0.357 e. The van der Waals surface area contributed by atoms with E-state index in [0.717, 1.165) is 25.2 Å². The highest BCUT2D eigenvalue weighted by atomic mass is 32.2. The van der Waals surface area contributed by atoms with E-state index < -0.39 is 32.4 Å². The zero-order chi connectivity index (χ0) is 24.2. The molecular weight excluding hydrogens is 450 g/mol. The summed E-state index contributed by atoms with van der Waals surface area (Å²) < 4.78 is 54.2. The van der Waals surface area contributed by atoms with E-state index in [4.69, 9.17) is 15.7 Å². The van der Waals surface area contributed by atoms with Crippen molar-refractivity contribution in [1.82, 2.24) is 18.8 Å². The number of piperidine rings is 1. The number of halogens is 2. The Morgan fingerprint density at radius 1 is 1.27 bits per heavy atom. The molecule has 2 aromatic heterocycles. The molecule has 13 heteroatoms. The quantitative estimate of drug-likeness (QED) is 0.662. The second-order valence-corrected chi connectivity index (χ2v) is 11.2. The summed E-state index contributed by atoms with van der Waals surface area (Å²) in [5, 5.41) is 3.34. The average Bonchev–Trinajstić information content (AvgIpc) is 3.11. The summed E-state index contributed by atoms with van der Waals surface area (Å²) in [6.45, 7) is 2.47. The highest BCUT2D eigenvalue weighted by molar-refractivity contribution is 7.88. The summed E-state index contributed by atoms with van der Waals surface area (Å²) in [7, 11) is 8.13. The smallest absolute Gasteiger partial charge is 0.260 e. The Kier molecular flexibility index (Phi) is 6.09. The number of hydrogen-bond acceptors (Lipinski definition) is 6. The molecule has 1 saturated heterocycles. The second kappa shape index (κ2) is 8.33. The van der Waals surface area contributed by atoms with E-state index in [2.05, 4.69) is 15.3 Å². The second-order valence-electron chi connectivity index (χ2n) is 9.25. The van der Waals surface area contributed by atoms with Gasteiger partial charge in [-0.05, 0) is 37.7 Å². The fraction of sp³-hybridized carbons (Fsp3) is 0.650. The third-order valence-electron chi connectivity index (χ3n) is 6.72. The van der Waals surface area contributed by atoms with Crippen LogP contribution in [0, 0.1) is 5.92 Å². The number of pyridine rings is 1. The third-order valence-corrected chi connectivity index (χ3v) is 8.03. The van der Waals surface area contributed by atoms with Gasteiger partial charge in [-0.15, -0.1) is 0 Å². The minimum atomic E-state index is -3.79. The average molecular weight is 475 g/mol. The molecule has 1 N–H and O–H groups in total. The largest absolute Gasteiger partial charge is 0.357 e. The van der Waals surface area contributed by atoms with Crippen LogP contribution in [-0.4, -0.2) is 67.7 Å². The SMILES string of the molecule is [B]C1(Nc2ncc3cc(C([B])(F)F)c(=O)n([C@@H]4CCC[C@H]4C)c3n2)CCN(S(C)(=O)=O)CC1. The molecule has 8 nitrogen and oxygen atoms in total. The molecule has 4 rings (SSSR count). The van der Waals surface area contributed by atoms with Crippen LogP contribution in [0.3, 0.4) is 0 Å². The van der Waals surface area contributed by atoms with Crippen molar-refractivity contribution in [2.45, 2.75) is 56.3 Å². The van der Waals surface area contributed by atoms with Crippen molar-refractivity contribution >= 4 is 42.7 Å². The molecule has 0 spiro atoms. The molecule has 1 aliphatic heterocycles. The number of nitrogens with zero attached hydrogens (tertiary/aromatic N) is 4. The van der Waals surface area contributed by atoms with Gasteiger partial charge in [-0.2, -0.15) is 4.98 Å². The molecule has 2 fully saturated rings. The van der Waals surface area contributed by atoms with Crippen LogP contribution in [0.5, 0.6) is 0 Å². The predicted octanol–water partition coefficient (Wildman–Crippen LogP) is 1.70. The molecule has 2 aliphatic rings. The standard InChI is InChI=1S/C20H25B2F2N5O3S/c1-12-4-3-5-15(12)29-16-13(10-14(17(29)30)20(22,23)24)11-25-18(26-16)27-19(21)6-8-28(9-7-19)33(2,31)32/h10-12,15H,3-9H2,1-2H3,(H,25,26,27)/t12-,15-/m1/s1. The number of rotatable bonds is 5. The van der Waals surface area contributed by atoms with Gasteiger partial charge in [-0.25, -0.2) is 26.5 Å². The fourth-order valence-corrected chi connectivity index (χ4v) is 5.65. The van der Waals surface area contributed by atoms with Gasteiger partial charge < -0.3 is 5.32 Å². The fourth-order valence-electron chi connectivity index (χ4n) is 4.80. The van der Waals surface area contributed by atoms with Gasteiger partial charge in [-0.1, -0.05) is 13.3 Å². The molecule has 2 atom stereocenters.